The van der Waals surface area contributed by atoms with Crippen molar-refractivity contribution in [1.29, 1.82) is 0 Å². The van der Waals surface area contributed by atoms with Crippen LogP contribution in [-0.2, 0) is 4.74 Å². The fourth-order valence-electron chi connectivity index (χ4n) is 1.51. The maximum absolute atomic E-state index is 5.67. The van der Waals surface area contributed by atoms with Gasteiger partial charge in [-0.1, -0.05) is 13.0 Å². The summed E-state index contributed by atoms with van der Waals surface area (Å²) in [5.74, 6) is 1.75. The maximum Gasteiger partial charge on any atom is 0.122 e. The van der Waals surface area contributed by atoms with Gasteiger partial charge in [-0.25, -0.2) is 0 Å². The molecule has 18 heavy (non-hydrogen) atoms. The monoisotopic (exact) mass is 252 g/mol. The molecule has 0 radical (unpaired) electrons. The first-order valence-electron chi connectivity index (χ1n) is 6.80. The summed E-state index contributed by atoms with van der Waals surface area (Å²) in [6.45, 7) is 7.19. The quantitative estimate of drug-likeness (QED) is 0.595. The summed E-state index contributed by atoms with van der Waals surface area (Å²) in [6.07, 6.45) is 3.07. The average molecular weight is 252 g/mol. The molecule has 1 aromatic rings. The Kier molecular flexibility index (Phi) is 8.06. The number of ether oxygens (including phenoxy) is 3. The first-order chi connectivity index (χ1) is 8.86. The van der Waals surface area contributed by atoms with Gasteiger partial charge in [-0.05, 0) is 38.3 Å². The SMILES string of the molecule is CCCOc1cccc(OCCCCOCC)c1. The van der Waals surface area contributed by atoms with E-state index in [-0.39, 0.29) is 0 Å². The Bertz CT molecular complexity index is 312. The highest BCUT2D eigenvalue weighted by Crippen LogP contribution is 2.19. The minimum absolute atomic E-state index is 0.726. The maximum atomic E-state index is 5.67. The molecular formula is C15H24O3. The number of hydrogen-bond acceptors (Lipinski definition) is 3. The van der Waals surface area contributed by atoms with Crippen molar-refractivity contribution >= 4 is 0 Å². The topological polar surface area (TPSA) is 27.7 Å². The first-order valence-corrected chi connectivity index (χ1v) is 6.80. The zero-order chi connectivity index (χ0) is 13.1. The molecule has 1 rings (SSSR count). The fraction of sp³-hybridized carbons (Fsp3) is 0.600. The minimum Gasteiger partial charge on any atom is -0.493 e. The Morgan fingerprint density at radius 1 is 0.889 bits per heavy atom. The van der Waals surface area contributed by atoms with Crippen molar-refractivity contribution in [2.75, 3.05) is 26.4 Å². The molecule has 0 unspecified atom stereocenters. The van der Waals surface area contributed by atoms with Crippen molar-refractivity contribution in [1.82, 2.24) is 0 Å². The highest BCUT2D eigenvalue weighted by Gasteiger charge is 1.97. The fourth-order valence-corrected chi connectivity index (χ4v) is 1.51. The molecule has 0 fully saturated rings. The van der Waals surface area contributed by atoms with E-state index >= 15 is 0 Å². The van der Waals surface area contributed by atoms with E-state index in [0.29, 0.717) is 0 Å². The second-order valence-electron chi connectivity index (χ2n) is 4.08. The predicted octanol–water partition coefficient (Wildman–Crippen LogP) is 3.67. The smallest absolute Gasteiger partial charge is 0.122 e. The number of unbranched alkanes of at least 4 members (excludes halogenated alkanes) is 1. The van der Waals surface area contributed by atoms with Gasteiger partial charge in [0, 0.05) is 19.3 Å². The summed E-state index contributed by atoms with van der Waals surface area (Å²) in [6, 6.07) is 7.82. The van der Waals surface area contributed by atoms with Crippen LogP contribution < -0.4 is 9.47 Å². The number of hydrogen-bond donors (Lipinski definition) is 0. The standard InChI is InChI=1S/C15H24O3/c1-3-10-17-14-8-7-9-15(13-14)18-12-6-5-11-16-4-2/h7-9,13H,3-6,10-12H2,1-2H3. The molecule has 0 heterocycles. The summed E-state index contributed by atoms with van der Waals surface area (Å²) in [7, 11) is 0. The van der Waals surface area contributed by atoms with Gasteiger partial charge in [-0.3, -0.25) is 0 Å². The Balaban J connectivity index is 2.20. The molecule has 0 aliphatic heterocycles. The Labute approximate surface area is 110 Å². The van der Waals surface area contributed by atoms with E-state index in [9.17, 15) is 0 Å². The molecule has 0 aliphatic carbocycles. The van der Waals surface area contributed by atoms with Crippen LogP contribution in [0.3, 0.4) is 0 Å². The van der Waals surface area contributed by atoms with Gasteiger partial charge in [0.25, 0.3) is 0 Å². The third-order valence-corrected chi connectivity index (χ3v) is 2.43. The predicted molar refractivity (Wildman–Crippen MR) is 73.5 cm³/mol. The lowest BCUT2D eigenvalue weighted by atomic mass is 10.3. The zero-order valence-electron chi connectivity index (χ0n) is 11.5. The van der Waals surface area contributed by atoms with E-state index in [1.807, 2.05) is 31.2 Å². The second-order valence-corrected chi connectivity index (χ2v) is 4.08. The molecule has 3 heteroatoms. The van der Waals surface area contributed by atoms with Crippen molar-refractivity contribution in [3.8, 4) is 11.5 Å². The molecule has 1 aromatic carbocycles. The summed E-state index contributed by atoms with van der Waals surface area (Å²) in [4.78, 5) is 0. The molecule has 0 aliphatic rings. The second kappa shape index (κ2) is 9.77. The summed E-state index contributed by atoms with van der Waals surface area (Å²) in [5, 5.41) is 0. The average Bonchev–Trinajstić information content (AvgIpc) is 2.41. The third kappa shape index (κ3) is 6.50. The third-order valence-electron chi connectivity index (χ3n) is 2.43. The lowest BCUT2D eigenvalue weighted by Crippen LogP contribution is -2.01. The molecule has 0 saturated carbocycles. The van der Waals surface area contributed by atoms with Crippen LogP contribution in [0.2, 0.25) is 0 Å². The van der Waals surface area contributed by atoms with Crippen LogP contribution >= 0.6 is 0 Å². The molecule has 0 saturated heterocycles. The van der Waals surface area contributed by atoms with Crippen LogP contribution in [0.4, 0.5) is 0 Å². The molecule has 102 valence electrons. The van der Waals surface area contributed by atoms with Crippen LogP contribution in [0.1, 0.15) is 33.1 Å². The van der Waals surface area contributed by atoms with Crippen LogP contribution in [0.15, 0.2) is 24.3 Å². The van der Waals surface area contributed by atoms with Gasteiger partial charge in [-0.2, -0.15) is 0 Å². The van der Waals surface area contributed by atoms with Crippen molar-refractivity contribution in [2.24, 2.45) is 0 Å². The molecule has 0 amide bonds. The number of benzene rings is 1. The van der Waals surface area contributed by atoms with E-state index in [0.717, 1.165) is 57.2 Å². The molecule has 0 spiro atoms. The lowest BCUT2D eigenvalue weighted by molar-refractivity contribution is 0.138. The Morgan fingerprint density at radius 2 is 1.56 bits per heavy atom. The normalized spacial score (nSPS) is 10.3. The highest BCUT2D eigenvalue weighted by atomic mass is 16.5. The van der Waals surface area contributed by atoms with Crippen LogP contribution in [-0.4, -0.2) is 26.4 Å². The summed E-state index contributed by atoms with van der Waals surface area (Å²) >= 11 is 0. The molecule has 0 bridgehead atoms. The van der Waals surface area contributed by atoms with Gasteiger partial charge < -0.3 is 14.2 Å². The first kappa shape index (κ1) is 14.8. The van der Waals surface area contributed by atoms with Crippen molar-refractivity contribution in [2.45, 2.75) is 33.1 Å². The largest absolute Gasteiger partial charge is 0.493 e. The van der Waals surface area contributed by atoms with Crippen molar-refractivity contribution in [3.63, 3.8) is 0 Å². The molecule has 0 aromatic heterocycles. The zero-order valence-corrected chi connectivity index (χ0v) is 11.5. The Morgan fingerprint density at radius 3 is 2.22 bits per heavy atom. The molecule has 3 nitrogen and oxygen atoms in total. The van der Waals surface area contributed by atoms with Crippen molar-refractivity contribution in [3.05, 3.63) is 24.3 Å². The number of rotatable bonds is 10. The lowest BCUT2D eigenvalue weighted by Gasteiger charge is -2.09. The van der Waals surface area contributed by atoms with Gasteiger partial charge in [-0.15, -0.1) is 0 Å². The van der Waals surface area contributed by atoms with E-state index in [2.05, 4.69) is 6.92 Å². The summed E-state index contributed by atoms with van der Waals surface area (Å²) < 4.78 is 16.5. The Hall–Kier alpha value is -1.22. The van der Waals surface area contributed by atoms with Crippen molar-refractivity contribution < 1.29 is 14.2 Å². The van der Waals surface area contributed by atoms with Crippen LogP contribution in [0.25, 0.3) is 0 Å². The van der Waals surface area contributed by atoms with E-state index in [4.69, 9.17) is 14.2 Å². The highest BCUT2D eigenvalue weighted by molar-refractivity contribution is 5.32. The molecular weight excluding hydrogens is 228 g/mol. The van der Waals surface area contributed by atoms with Gasteiger partial charge >= 0.3 is 0 Å². The van der Waals surface area contributed by atoms with Crippen LogP contribution in [0.5, 0.6) is 11.5 Å². The molecule has 0 N–H and O–H groups in total. The summed E-state index contributed by atoms with van der Waals surface area (Å²) in [5.41, 5.74) is 0. The van der Waals surface area contributed by atoms with E-state index < -0.39 is 0 Å². The minimum atomic E-state index is 0.726. The van der Waals surface area contributed by atoms with Gasteiger partial charge in [0.1, 0.15) is 11.5 Å². The van der Waals surface area contributed by atoms with E-state index in [1.54, 1.807) is 0 Å². The van der Waals surface area contributed by atoms with E-state index in [1.165, 1.54) is 0 Å². The molecule has 0 atom stereocenters. The van der Waals surface area contributed by atoms with Crippen LogP contribution in [0, 0.1) is 0 Å². The van der Waals surface area contributed by atoms with Gasteiger partial charge in [0.05, 0.1) is 13.2 Å². The van der Waals surface area contributed by atoms with Gasteiger partial charge in [0.2, 0.25) is 0 Å². The van der Waals surface area contributed by atoms with Gasteiger partial charge in [0.15, 0.2) is 0 Å².